The van der Waals surface area contributed by atoms with Crippen molar-refractivity contribution in [3.05, 3.63) is 71.8 Å². The monoisotopic (exact) mass is 437 g/mol. The predicted molar refractivity (Wildman–Crippen MR) is 134 cm³/mol. The van der Waals surface area contributed by atoms with Gasteiger partial charge in [-0.15, -0.1) is 0 Å². The van der Waals surface area contributed by atoms with Crippen molar-refractivity contribution in [2.24, 2.45) is 11.7 Å². The Bertz CT molecular complexity index is 843. The number of carbonyl (C=O) groups excluding carboxylic acids is 1. The number of nitrogens with zero attached hydrogens (tertiary/aromatic N) is 1. The summed E-state index contributed by atoms with van der Waals surface area (Å²) in [6, 6.07) is 17.8. The molecule has 0 aromatic heterocycles. The third kappa shape index (κ3) is 9.15. The highest BCUT2D eigenvalue weighted by atomic mass is 16.5. The van der Waals surface area contributed by atoms with Gasteiger partial charge in [-0.3, -0.25) is 4.79 Å². The highest BCUT2D eigenvalue weighted by Crippen LogP contribution is 2.21. The quantitative estimate of drug-likeness (QED) is 0.463. The fourth-order valence-corrected chi connectivity index (χ4v) is 3.41. The van der Waals surface area contributed by atoms with Crippen LogP contribution in [0.15, 0.2) is 66.2 Å². The molecule has 5 nitrogen and oxygen atoms in total. The van der Waals surface area contributed by atoms with E-state index < -0.39 is 6.04 Å². The zero-order valence-electron chi connectivity index (χ0n) is 20.2. The number of benzene rings is 2. The fourth-order valence-electron chi connectivity index (χ4n) is 3.41. The second-order valence-electron chi connectivity index (χ2n) is 9.10. The van der Waals surface area contributed by atoms with Crippen molar-refractivity contribution in [1.82, 2.24) is 5.32 Å². The van der Waals surface area contributed by atoms with E-state index in [2.05, 4.69) is 68.3 Å². The van der Waals surface area contributed by atoms with Crippen LogP contribution in [0.4, 0.5) is 5.69 Å². The summed E-state index contributed by atoms with van der Waals surface area (Å²) in [5.41, 5.74) is 9.53. The highest BCUT2D eigenvalue weighted by Gasteiger charge is 2.18. The van der Waals surface area contributed by atoms with Gasteiger partial charge in [-0.05, 0) is 62.9 Å². The summed E-state index contributed by atoms with van der Waals surface area (Å²) >= 11 is 0. The number of rotatable bonds is 12. The lowest BCUT2D eigenvalue weighted by Gasteiger charge is -2.28. The lowest BCUT2D eigenvalue weighted by molar-refractivity contribution is -0.123. The van der Waals surface area contributed by atoms with Crippen LogP contribution < -0.4 is 20.7 Å². The number of nitrogens with two attached hydrogens (primary N) is 1. The number of hydrogen-bond acceptors (Lipinski definition) is 4. The van der Waals surface area contributed by atoms with Crippen molar-refractivity contribution < 1.29 is 9.53 Å². The number of ether oxygens (including phenoxy) is 1. The Balaban J connectivity index is 2.01. The van der Waals surface area contributed by atoms with Crippen LogP contribution in [0, 0.1) is 5.92 Å². The SMILES string of the molecule is CC(C)=CCN(CC(C)NC(=O)C(N)CC(C)C)c1ccc(OCc2ccccc2)cc1. The average Bonchev–Trinajstić information content (AvgIpc) is 2.75. The van der Waals surface area contributed by atoms with E-state index in [0.717, 1.165) is 23.5 Å². The summed E-state index contributed by atoms with van der Waals surface area (Å²) in [5.74, 6) is 1.14. The molecule has 2 rings (SSSR count). The standard InChI is InChI=1S/C27H39N3O2/c1-20(2)15-16-30(18-22(5)29-27(31)26(28)17-21(3)4)24-11-13-25(14-12-24)32-19-23-9-7-6-8-10-23/h6-15,21-22,26H,16-19,28H2,1-5H3,(H,29,31). The largest absolute Gasteiger partial charge is 0.489 e. The van der Waals surface area contributed by atoms with Crippen LogP contribution in [0.1, 0.15) is 46.6 Å². The van der Waals surface area contributed by atoms with Crippen LogP contribution >= 0.6 is 0 Å². The Kier molecular flexibility index (Phi) is 10.3. The average molecular weight is 438 g/mol. The van der Waals surface area contributed by atoms with Crippen LogP contribution in [0.25, 0.3) is 0 Å². The third-order valence-electron chi connectivity index (χ3n) is 5.12. The minimum absolute atomic E-state index is 0.0275. The van der Waals surface area contributed by atoms with E-state index in [0.29, 0.717) is 25.5 Å². The van der Waals surface area contributed by atoms with Gasteiger partial charge in [0, 0.05) is 24.8 Å². The maximum atomic E-state index is 12.4. The smallest absolute Gasteiger partial charge is 0.237 e. The molecule has 0 radical (unpaired) electrons. The van der Waals surface area contributed by atoms with Crippen molar-refractivity contribution in [3.63, 3.8) is 0 Å². The molecule has 0 bridgehead atoms. The molecule has 0 saturated carbocycles. The van der Waals surface area contributed by atoms with Crippen LogP contribution in [0.5, 0.6) is 5.75 Å². The number of hydrogen-bond donors (Lipinski definition) is 2. The Morgan fingerprint density at radius 3 is 2.31 bits per heavy atom. The van der Waals surface area contributed by atoms with E-state index >= 15 is 0 Å². The molecule has 0 fully saturated rings. The normalized spacial score (nSPS) is 12.7. The van der Waals surface area contributed by atoms with Crippen molar-refractivity contribution in [3.8, 4) is 5.75 Å². The summed E-state index contributed by atoms with van der Waals surface area (Å²) in [4.78, 5) is 14.7. The van der Waals surface area contributed by atoms with Gasteiger partial charge in [0.25, 0.3) is 0 Å². The molecule has 32 heavy (non-hydrogen) atoms. The van der Waals surface area contributed by atoms with E-state index in [1.165, 1.54) is 5.57 Å². The molecule has 5 heteroatoms. The number of anilines is 1. The Hall–Kier alpha value is -2.79. The minimum atomic E-state index is -0.468. The zero-order chi connectivity index (χ0) is 23.5. The molecular weight excluding hydrogens is 398 g/mol. The first kappa shape index (κ1) is 25.5. The molecule has 1 amide bonds. The van der Waals surface area contributed by atoms with Gasteiger partial charge in [0.15, 0.2) is 0 Å². The Morgan fingerprint density at radius 2 is 1.72 bits per heavy atom. The lowest BCUT2D eigenvalue weighted by Crippen LogP contribution is -2.48. The summed E-state index contributed by atoms with van der Waals surface area (Å²) < 4.78 is 5.92. The summed E-state index contributed by atoms with van der Waals surface area (Å²) in [5, 5.41) is 3.07. The van der Waals surface area contributed by atoms with Crippen LogP contribution in [0.3, 0.4) is 0 Å². The Labute approximate surface area is 193 Å². The highest BCUT2D eigenvalue weighted by molar-refractivity contribution is 5.81. The van der Waals surface area contributed by atoms with E-state index in [9.17, 15) is 4.79 Å². The number of nitrogens with one attached hydrogen (secondary N) is 1. The molecule has 2 aromatic carbocycles. The second kappa shape index (κ2) is 12.9. The molecule has 174 valence electrons. The molecule has 0 heterocycles. The molecule has 0 spiro atoms. The van der Waals surface area contributed by atoms with Crippen molar-refractivity contribution in [2.75, 3.05) is 18.0 Å². The summed E-state index contributed by atoms with van der Waals surface area (Å²) in [6.45, 7) is 12.4. The van der Waals surface area contributed by atoms with E-state index in [1.807, 2.05) is 37.3 Å². The first-order valence-electron chi connectivity index (χ1n) is 11.5. The zero-order valence-corrected chi connectivity index (χ0v) is 20.2. The van der Waals surface area contributed by atoms with Gasteiger partial charge >= 0.3 is 0 Å². The van der Waals surface area contributed by atoms with Crippen LogP contribution in [-0.4, -0.2) is 31.1 Å². The number of allylic oxidation sites excluding steroid dienone is 1. The first-order valence-corrected chi connectivity index (χ1v) is 11.5. The minimum Gasteiger partial charge on any atom is -0.489 e. The fraction of sp³-hybridized carbons (Fsp3) is 0.444. The predicted octanol–water partition coefficient (Wildman–Crippen LogP) is 4.92. The second-order valence-corrected chi connectivity index (χ2v) is 9.10. The maximum Gasteiger partial charge on any atom is 0.237 e. The molecule has 0 aliphatic rings. The molecule has 2 unspecified atom stereocenters. The number of carbonyl (C=O) groups is 1. The van der Waals surface area contributed by atoms with Crippen molar-refractivity contribution in [2.45, 2.75) is 59.7 Å². The molecule has 2 atom stereocenters. The van der Waals surface area contributed by atoms with Gasteiger partial charge in [0.2, 0.25) is 5.91 Å². The summed E-state index contributed by atoms with van der Waals surface area (Å²) in [6.07, 6.45) is 2.88. The molecule has 2 aromatic rings. The van der Waals surface area contributed by atoms with E-state index in [1.54, 1.807) is 0 Å². The molecule has 3 N–H and O–H groups in total. The molecule has 0 aliphatic heterocycles. The van der Waals surface area contributed by atoms with Gasteiger partial charge in [-0.25, -0.2) is 0 Å². The number of amides is 1. The lowest BCUT2D eigenvalue weighted by atomic mass is 10.0. The topological polar surface area (TPSA) is 67.6 Å². The first-order chi connectivity index (χ1) is 15.2. The Morgan fingerprint density at radius 1 is 1.06 bits per heavy atom. The third-order valence-corrected chi connectivity index (χ3v) is 5.12. The van der Waals surface area contributed by atoms with Gasteiger partial charge in [-0.1, -0.05) is 55.8 Å². The van der Waals surface area contributed by atoms with E-state index in [4.69, 9.17) is 10.5 Å². The van der Waals surface area contributed by atoms with Gasteiger partial charge in [0.05, 0.1) is 6.04 Å². The molecule has 0 aliphatic carbocycles. The molecular formula is C27H39N3O2. The van der Waals surface area contributed by atoms with Gasteiger partial charge in [0.1, 0.15) is 12.4 Å². The van der Waals surface area contributed by atoms with E-state index in [-0.39, 0.29) is 11.9 Å². The van der Waals surface area contributed by atoms with Gasteiger partial charge < -0.3 is 20.7 Å². The maximum absolute atomic E-state index is 12.4. The van der Waals surface area contributed by atoms with Crippen LogP contribution in [-0.2, 0) is 11.4 Å². The van der Waals surface area contributed by atoms with Crippen molar-refractivity contribution in [1.29, 1.82) is 0 Å². The van der Waals surface area contributed by atoms with Crippen molar-refractivity contribution >= 4 is 11.6 Å². The van der Waals surface area contributed by atoms with Crippen LogP contribution in [0.2, 0.25) is 0 Å². The summed E-state index contributed by atoms with van der Waals surface area (Å²) in [7, 11) is 0. The molecule has 0 saturated heterocycles. The van der Waals surface area contributed by atoms with Gasteiger partial charge in [-0.2, -0.15) is 0 Å².